The number of benzene rings is 2. The summed E-state index contributed by atoms with van der Waals surface area (Å²) in [6.45, 7) is 1.09. The molecular formula is C22H22N4O5. The number of ether oxygens (including phenoxy) is 2. The number of nitro benzene ring substituents is 1. The Morgan fingerprint density at radius 2 is 1.71 bits per heavy atom. The van der Waals surface area contributed by atoms with Crippen molar-refractivity contribution in [3.8, 4) is 11.5 Å². The molecule has 0 radical (unpaired) electrons. The first-order valence-electron chi connectivity index (χ1n) is 9.65. The molecule has 9 heteroatoms. The Morgan fingerprint density at radius 3 is 2.32 bits per heavy atom. The van der Waals surface area contributed by atoms with E-state index in [2.05, 4.69) is 4.98 Å². The minimum atomic E-state index is -0.456. The Morgan fingerprint density at radius 1 is 1.03 bits per heavy atom. The number of hydrogen-bond donors (Lipinski definition) is 0. The average Bonchev–Trinajstić information content (AvgIpc) is 2.77. The van der Waals surface area contributed by atoms with Crippen molar-refractivity contribution < 1.29 is 14.4 Å². The van der Waals surface area contributed by atoms with Gasteiger partial charge in [-0.25, -0.2) is 0 Å². The molecule has 2 heterocycles. The number of rotatable bonds is 6. The van der Waals surface area contributed by atoms with Gasteiger partial charge in [0.05, 0.1) is 35.6 Å². The molecule has 0 aliphatic heterocycles. The number of fused-ring (bicyclic) bond motifs is 5. The first-order chi connectivity index (χ1) is 14.8. The van der Waals surface area contributed by atoms with Crippen molar-refractivity contribution in [2.45, 2.75) is 6.54 Å². The molecule has 0 fully saturated rings. The van der Waals surface area contributed by atoms with E-state index in [0.29, 0.717) is 51.8 Å². The van der Waals surface area contributed by atoms with E-state index in [0.717, 1.165) is 5.39 Å². The molecule has 2 aromatic heterocycles. The maximum atomic E-state index is 13.6. The highest BCUT2D eigenvalue weighted by Gasteiger charge is 2.18. The molecule has 31 heavy (non-hydrogen) atoms. The molecule has 0 aliphatic rings. The van der Waals surface area contributed by atoms with E-state index in [-0.39, 0.29) is 11.2 Å². The van der Waals surface area contributed by atoms with Gasteiger partial charge in [-0.2, -0.15) is 0 Å². The van der Waals surface area contributed by atoms with Gasteiger partial charge in [-0.1, -0.05) is 0 Å². The number of pyridine rings is 2. The summed E-state index contributed by atoms with van der Waals surface area (Å²) in [4.78, 5) is 30.8. The normalized spacial score (nSPS) is 11.5. The van der Waals surface area contributed by atoms with Crippen molar-refractivity contribution in [2.24, 2.45) is 0 Å². The molecule has 0 saturated heterocycles. The third kappa shape index (κ3) is 3.42. The Hall–Kier alpha value is -3.72. The molecule has 4 rings (SSSR count). The zero-order valence-electron chi connectivity index (χ0n) is 17.7. The third-order valence-electron chi connectivity index (χ3n) is 5.37. The highest BCUT2D eigenvalue weighted by molar-refractivity contribution is 6.14. The van der Waals surface area contributed by atoms with Crippen LogP contribution in [0.4, 0.5) is 5.69 Å². The number of hydrogen-bond acceptors (Lipinski definition) is 7. The van der Waals surface area contributed by atoms with Gasteiger partial charge in [-0.05, 0) is 32.3 Å². The van der Waals surface area contributed by atoms with Crippen LogP contribution in [0.3, 0.4) is 0 Å². The summed E-state index contributed by atoms with van der Waals surface area (Å²) in [6, 6.07) is 7.97. The molecule has 0 saturated carbocycles. The average molecular weight is 422 g/mol. The van der Waals surface area contributed by atoms with Crippen molar-refractivity contribution >= 4 is 38.3 Å². The van der Waals surface area contributed by atoms with Crippen molar-refractivity contribution in [1.82, 2.24) is 14.5 Å². The molecule has 0 atom stereocenters. The van der Waals surface area contributed by atoms with Crippen molar-refractivity contribution in [2.75, 3.05) is 34.9 Å². The molecule has 160 valence electrons. The monoisotopic (exact) mass is 422 g/mol. The lowest BCUT2D eigenvalue weighted by Gasteiger charge is -2.18. The number of likely N-dealkylation sites (N-methyl/N-ethyl adjacent to an activating group) is 1. The number of aromatic nitrogens is 2. The van der Waals surface area contributed by atoms with Crippen LogP contribution < -0.4 is 15.0 Å². The predicted octanol–water partition coefficient (Wildman–Crippen LogP) is 3.19. The highest BCUT2D eigenvalue weighted by atomic mass is 16.6. The number of nitrogens with zero attached hydrogens (tertiary/aromatic N) is 4. The van der Waals surface area contributed by atoms with Gasteiger partial charge in [0.1, 0.15) is 0 Å². The lowest BCUT2D eigenvalue weighted by molar-refractivity contribution is -0.384. The molecule has 0 amide bonds. The first kappa shape index (κ1) is 20.5. The molecular weight excluding hydrogens is 400 g/mol. The summed E-state index contributed by atoms with van der Waals surface area (Å²) in [5, 5.41) is 13.8. The van der Waals surface area contributed by atoms with Gasteiger partial charge < -0.3 is 18.9 Å². The van der Waals surface area contributed by atoms with Crippen LogP contribution in [0.25, 0.3) is 32.6 Å². The summed E-state index contributed by atoms with van der Waals surface area (Å²) in [5.41, 5.74) is 0.927. The number of nitro groups is 1. The third-order valence-corrected chi connectivity index (χ3v) is 5.37. The van der Waals surface area contributed by atoms with Gasteiger partial charge in [0.15, 0.2) is 11.5 Å². The van der Waals surface area contributed by atoms with Gasteiger partial charge in [0.25, 0.3) is 11.2 Å². The summed E-state index contributed by atoms with van der Waals surface area (Å²) >= 11 is 0. The summed E-state index contributed by atoms with van der Waals surface area (Å²) in [7, 11) is 6.94. The second kappa shape index (κ2) is 7.84. The Bertz CT molecular complexity index is 1390. The minimum absolute atomic E-state index is 0.0475. The zero-order valence-corrected chi connectivity index (χ0v) is 17.7. The zero-order chi connectivity index (χ0) is 22.3. The summed E-state index contributed by atoms with van der Waals surface area (Å²) in [5.74, 6) is 0.973. The second-order valence-corrected chi connectivity index (χ2v) is 7.49. The van der Waals surface area contributed by atoms with E-state index in [1.807, 2.05) is 19.0 Å². The van der Waals surface area contributed by atoms with Gasteiger partial charge in [0, 0.05) is 47.6 Å². The molecule has 0 bridgehead atoms. The van der Waals surface area contributed by atoms with Crippen LogP contribution in [0.15, 0.2) is 41.3 Å². The Balaban J connectivity index is 2.17. The van der Waals surface area contributed by atoms with Crippen molar-refractivity contribution in [3.05, 3.63) is 57.0 Å². The molecule has 9 nitrogen and oxygen atoms in total. The van der Waals surface area contributed by atoms with Crippen LogP contribution in [0.2, 0.25) is 0 Å². The molecule has 0 N–H and O–H groups in total. The smallest absolute Gasteiger partial charge is 0.271 e. The fourth-order valence-electron chi connectivity index (χ4n) is 3.81. The van der Waals surface area contributed by atoms with E-state index >= 15 is 0 Å². The molecule has 0 aliphatic carbocycles. The fraction of sp³-hybridized carbons (Fsp3) is 0.273. The summed E-state index contributed by atoms with van der Waals surface area (Å²) in [6.07, 6.45) is 1.65. The Labute approximate surface area is 177 Å². The van der Waals surface area contributed by atoms with E-state index in [1.54, 1.807) is 29.0 Å². The Kier molecular flexibility index (Phi) is 5.20. The molecule has 0 unspecified atom stereocenters. The van der Waals surface area contributed by atoms with E-state index in [9.17, 15) is 14.9 Å². The largest absolute Gasteiger partial charge is 0.493 e. The van der Waals surface area contributed by atoms with Gasteiger partial charge in [-0.3, -0.25) is 19.9 Å². The number of non-ortho nitro benzene ring substituents is 1. The topological polar surface area (TPSA) is 99.7 Å². The van der Waals surface area contributed by atoms with E-state index < -0.39 is 4.92 Å². The van der Waals surface area contributed by atoms with Crippen LogP contribution in [-0.4, -0.2) is 54.2 Å². The van der Waals surface area contributed by atoms with Crippen LogP contribution in [-0.2, 0) is 6.54 Å². The fourth-order valence-corrected chi connectivity index (χ4v) is 3.81. The van der Waals surface area contributed by atoms with Gasteiger partial charge in [0.2, 0.25) is 0 Å². The quantitative estimate of drug-likeness (QED) is 0.267. The van der Waals surface area contributed by atoms with Crippen LogP contribution in [0.1, 0.15) is 0 Å². The minimum Gasteiger partial charge on any atom is -0.493 e. The van der Waals surface area contributed by atoms with Gasteiger partial charge >= 0.3 is 0 Å². The van der Waals surface area contributed by atoms with Crippen LogP contribution in [0, 0.1) is 10.1 Å². The van der Waals surface area contributed by atoms with E-state index in [1.165, 1.54) is 26.4 Å². The standard InChI is InChI=1S/C22H22N4O5/c1-24(2)7-8-25-21-14-6-5-13(26(28)29)9-18(14)23-12-17(21)15-10-19(30-3)20(31-4)11-16(15)22(25)27/h5-6,9-12H,7-8H2,1-4H3. The first-order valence-corrected chi connectivity index (χ1v) is 9.65. The highest BCUT2D eigenvalue weighted by Crippen LogP contribution is 2.36. The molecule has 0 spiro atoms. The van der Waals surface area contributed by atoms with E-state index in [4.69, 9.17) is 9.47 Å². The SMILES string of the molecule is COc1cc2c(=O)n(CCN(C)C)c3c4ccc([N+](=O)[O-])cc4ncc3c2cc1OC. The number of methoxy groups -OCH3 is 2. The molecule has 4 aromatic rings. The predicted molar refractivity (Wildman–Crippen MR) is 119 cm³/mol. The summed E-state index contributed by atoms with van der Waals surface area (Å²) < 4.78 is 12.5. The van der Waals surface area contributed by atoms with Crippen LogP contribution in [0.5, 0.6) is 11.5 Å². The molecule has 2 aromatic carbocycles. The maximum Gasteiger partial charge on any atom is 0.271 e. The van der Waals surface area contributed by atoms with Crippen molar-refractivity contribution in [3.63, 3.8) is 0 Å². The maximum absolute atomic E-state index is 13.6. The van der Waals surface area contributed by atoms with Gasteiger partial charge in [-0.15, -0.1) is 0 Å². The van der Waals surface area contributed by atoms with Crippen LogP contribution >= 0.6 is 0 Å². The lowest BCUT2D eigenvalue weighted by atomic mass is 10.0. The van der Waals surface area contributed by atoms with Crippen molar-refractivity contribution in [1.29, 1.82) is 0 Å². The lowest BCUT2D eigenvalue weighted by Crippen LogP contribution is -2.27. The second-order valence-electron chi connectivity index (χ2n) is 7.49.